The smallest absolute Gasteiger partial charge is 0.268 e. The summed E-state index contributed by atoms with van der Waals surface area (Å²) in [6, 6.07) is 0. The van der Waals surface area contributed by atoms with E-state index in [2.05, 4.69) is 0 Å². The highest BCUT2D eigenvalue weighted by molar-refractivity contribution is 5.48. The summed E-state index contributed by atoms with van der Waals surface area (Å²) in [5.41, 5.74) is -0.405. The molecule has 1 aliphatic carbocycles. The quantitative estimate of drug-likeness (QED) is 0.696. The molecule has 1 aliphatic rings. The molecule has 0 bridgehead atoms. The van der Waals surface area contributed by atoms with Gasteiger partial charge < -0.3 is 4.74 Å². The van der Waals surface area contributed by atoms with E-state index in [4.69, 9.17) is 4.74 Å². The van der Waals surface area contributed by atoms with Gasteiger partial charge in [0.25, 0.3) is 5.43 Å². The molecule has 0 saturated carbocycles. The Morgan fingerprint density at radius 2 is 1.73 bits per heavy atom. The van der Waals surface area contributed by atoms with Crippen molar-refractivity contribution in [1.82, 2.24) is 0 Å². The van der Waals surface area contributed by atoms with Gasteiger partial charge in [0.2, 0.25) is 5.43 Å². The Hall–Kier alpha value is -1.64. The van der Waals surface area contributed by atoms with Crippen molar-refractivity contribution in [3.8, 4) is 5.75 Å². The average molecular weight is 204 g/mol. The summed E-state index contributed by atoms with van der Waals surface area (Å²) in [6.07, 6.45) is 7.40. The van der Waals surface area contributed by atoms with Crippen molar-refractivity contribution in [1.29, 1.82) is 0 Å². The molecule has 3 nitrogen and oxygen atoms in total. The maximum atomic E-state index is 11.4. The third kappa shape index (κ3) is 1.54. The van der Waals surface area contributed by atoms with Gasteiger partial charge in [-0.1, -0.05) is 24.3 Å². The van der Waals surface area contributed by atoms with Crippen LogP contribution < -0.4 is 15.6 Å². The molecule has 0 fully saturated rings. The van der Waals surface area contributed by atoms with E-state index in [9.17, 15) is 9.59 Å². The van der Waals surface area contributed by atoms with Crippen molar-refractivity contribution in [3.63, 3.8) is 0 Å². The molecule has 0 aromatic heterocycles. The van der Waals surface area contributed by atoms with E-state index in [1.165, 1.54) is 0 Å². The second-order valence-electron chi connectivity index (χ2n) is 3.86. The lowest BCUT2D eigenvalue weighted by atomic mass is 9.95. The molecule has 0 spiro atoms. The van der Waals surface area contributed by atoms with Gasteiger partial charge >= 0.3 is 0 Å². The van der Waals surface area contributed by atoms with Gasteiger partial charge in [0.1, 0.15) is 0 Å². The molecule has 0 radical (unpaired) electrons. The fourth-order valence-electron chi connectivity index (χ4n) is 1.67. The summed E-state index contributed by atoms with van der Waals surface area (Å²) < 4.78 is 5.34. The zero-order valence-electron chi connectivity index (χ0n) is 8.69. The van der Waals surface area contributed by atoms with Crippen LogP contribution in [0.15, 0.2) is 33.9 Å². The number of hydrogen-bond acceptors (Lipinski definition) is 3. The van der Waals surface area contributed by atoms with Gasteiger partial charge in [-0.05, 0) is 13.8 Å². The van der Waals surface area contributed by atoms with Crippen LogP contribution in [0.1, 0.15) is 25.3 Å². The second kappa shape index (κ2) is 3.50. The summed E-state index contributed by atoms with van der Waals surface area (Å²) >= 11 is 0. The van der Waals surface area contributed by atoms with Crippen LogP contribution in [0.3, 0.4) is 0 Å². The van der Waals surface area contributed by atoms with E-state index in [0.717, 1.165) is 0 Å². The van der Waals surface area contributed by atoms with Crippen molar-refractivity contribution < 1.29 is 4.74 Å². The highest BCUT2D eigenvalue weighted by atomic mass is 16.5. The molecule has 0 aliphatic heterocycles. The van der Waals surface area contributed by atoms with Gasteiger partial charge in [-0.2, -0.15) is 0 Å². The van der Waals surface area contributed by atoms with Gasteiger partial charge in [-0.3, -0.25) is 9.59 Å². The maximum absolute atomic E-state index is 11.4. The fraction of sp³-hybridized carbons (Fsp3) is 0.333. The molecule has 0 heterocycles. The van der Waals surface area contributed by atoms with Crippen molar-refractivity contribution in [3.05, 3.63) is 50.3 Å². The molecular weight excluding hydrogens is 192 g/mol. The SMILES string of the molecule is CC(C)Oc1c(C2C=CC=C2)c(=O)c1=O. The second-order valence-corrected chi connectivity index (χ2v) is 3.86. The van der Waals surface area contributed by atoms with Crippen LogP contribution in [-0.4, -0.2) is 6.10 Å². The maximum Gasteiger partial charge on any atom is 0.268 e. The van der Waals surface area contributed by atoms with Gasteiger partial charge in [-0.25, -0.2) is 0 Å². The molecule has 0 N–H and O–H groups in total. The molecular formula is C12H12O3. The number of rotatable bonds is 3. The number of ether oxygens (including phenoxy) is 1. The highest BCUT2D eigenvalue weighted by Gasteiger charge is 2.27. The summed E-state index contributed by atoms with van der Waals surface area (Å²) in [7, 11) is 0. The minimum atomic E-state index is -0.493. The van der Waals surface area contributed by atoms with Gasteiger partial charge in [0.15, 0.2) is 5.75 Å². The van der Waals surface area contributed by atoms with Gasteiger partial charge in [0.05, 0.1) is 11.7 Å². The Morgan fingerprint density at radius 3 is 2.27 bits per heavy atom. The Balaban J connectivity index is 2.36. The normalized spacial score (nSPS) is 15.7. The van der Waals surface area contributed by atoms with E-state index in [1.807, 2.05) is 38.2 Å². The number of hydrogen-bond donors (Lipinski definition) is 0. The molecule has 0 saturated heterocycles. The summed E-state index contributed by atoms with van der Waals surface area (Å²) in [5.74, 6) is 0.167. The Morgan fingerprint density at radius 1 is 1.13 bits per heavy atom. The Labute approximate surface area is 87.4 Å². The molecule has 1 aromatic carbocycles. The van der Waals surface area contributed by atoms with Crippen LogP contribution in [0.5, 0.6) is 5.75 Å². The Bertz CT molecular complexity index is 487. The topological polar surface area (TPSA) is 43.4 Å². The standard InChI is InChI=1S/C12H12O3/c1-7(2)15-12-9(10(13)11(12)14)8-5-3-4-6-8/h3-8H,1-2H3. The van der Waals surface area contributed by atoms with Crippen LogP contribution in [-0.2, 0) is 0 Å². The van der Waals surface area contributed by atoms with Crippen LogP contribution >= 0.6 is 0 Å². The lowest BCUT2D eigenvalue weighted by molar-refractivity contribution is 0.234. The third-order valence-corrected chi connectivity index (χ3v) is 2.34. The fourth-order valence-corrected chi connectivity index (χ4v) is 1.67. The largest absolute Gasteiger partial charge is 0.486 e. The van der Waals surface area contributed by atoms with Crippen molar-refractivity contribution in [2.45, 2.75) is 25.9 Å². The third-order valence-electron chi connectivity index (χ3n) is 2.34. The molecule has 15 heavy (non-hydrogen) atoms. The molecule has 1 aromatic rings. The molecule has 0 amide bonds. The summed E-state index contributed by atoms with van der Waals surface area (Å²) in [6.45, 7) is 3.67. The predicted octanol–water partition coefficient (Wildman–Crippen LogP) is 1.28. The zero-order chi connectivity index (χ0) is 11.0. The molecule has 2 rings (SSSR count). The first kappa shape index (κ1) is 9.90. The monoisotopic (exact) mass is 204 g/mol. The van der Waals surface area contributed by atoms with E-state index < -0.39 is 10.9 Å². The minimum absolute atomic E-state index is 0.0797. The first-order valence-electron chi connectivity index (χ1n) is 4.96. The highest BCUT2D eigenvalue weighted by Crippen LogP contribution is 2.27. The first-order valence-corrected chi connectivity index (χ1v) is 4.96. The molecule has 3 heteroatoms. The molecule has 78 valence electrons. The average Bonchev–Trinajstić information content (AvgIpc) is 2.69. The van der Waals surface area contributed by atoms with E-state index in [0.29, 0.717) is 5.56 Å². The van der Waals surface area contributed by atoms with Crippen molar-refractivity contribution in [2.75, 3.05) is 0 Å². The van der Waals surface area contributed by atoms with Crippen LogP contribution in [0.4, 0.5) is 0 Å². The van der Waals surface area contributed by atoms with Crippen LogP contribution in [0.2, 0.25) is 0 Å². The number of allylic oxidation sites excluding steroid dienone is 4. The van der Waals surface area contributed by atoms with Crippen LogP contribution in [0, 0.1) is 0 Å². The van der Waals surface area contributed by atoms with Gasteiger partial charge in [-0.15, -0.1) is 0 Å². The lowest BCUT2D eigenvalue weighted by Crippen LogP contribution is -2.38. The van der Waals surface area contributed by atoms with Crippen molar-refractivity contribution >= 4 is 0 Å². The Kier molecular flexibility index (Phi) is 2.31. The van der Waals surface area contributed by atoms with Crippen LogP contribution in [0.25, 0.3) is 0 Å². The van der Waals surface area contributed by atoms with Gasteiger partial charge in [0, 0.05) is 5.92 Å². The summed E-state index contributed by atoms with van der Waals surface area (Å²) in [4.78, 5) is 22.7. The van der Waals surface area contributed by atoms with E-state index in [-0.39, 0.29) is 17.8 Å². The minimum Gasteiger partial charge on any atom is -0.486 e. The predicted molar refractivity (Wildman–Crippen MR) is 58.1 cm³/mol. The van der Waals surface area contributed by atoms with Crippen molar-refractivity contribution in [2.24, 2.45) is 0 Å². The molecule has 0 atom stereocenters. The van der Waals surface area contributed by atoms with E-state index in [1.54, 1.807) is 0 Å². The lowest BCUT2D eigenvalue weighted by Gasteiger charge is -2.17. The first-order chi connectivity index (χ1) is 7.11. The van der Waals surface area contributed by atoms with E-state index >= 15 is 0 Å². The summed E-state index contributed by atoms with van der Waals surface area (Å²) in [5, 5.41) is 0. The molecule has 0 unspecified atom stereocenters. The zero-order valence-corrected chi connectivity index (χ0v) is 8.69.